The van der Waals surface area contributed by atoms with Gasteiger partial charge in [0.1, 0.15) is 4.90 Å². The predicted octanol–water partition coefficient (Wildman–Crippen LogP) is 5.47. The van der Waals surface area contributed by atoms with Gasteiger partial charge in [0, 0.05) is 5.39 Å². The van der Waals surface area contributed by atoms with Crippen LogP contribution in [-0.4, -0.2) is 26.6 Å². The first-order chi connectivity index (χ1) is 16.4. The molecule has 8 nitrogen and oxygen atoms in total. The van der Waals surface area contributed by atoms with E-state index in [2.05, 4.69) is 0 Å². The molecule has 1 unspecified atom stereocenters. The van der Waals surface area contributed by atoms with Gasteiger partial charge >= 0.3 is 16.3 Å². The van der Waals surface area contributed by atoms with Crippen LogP contribution >= 0.6 is 0 Å². The van der Waals surface area contributed by atoms with Gasteiger partial charge in [-0.1, -0.05) is 42.5 Å². The first-order valence-electron chi connectivity index (χ1n) is 10.7. The van der Waals surface area contributed by atoms with Crippen LogP contribution in [0, 0.1) is 10.1 Å². The normalized spacial score (nSPS) is 12.5. The van der Waals surface area contributed by atoms with E-state index in [1.54, 1.807) is 44.2 Å². The van der Waals surface area contributed by atoms with Crippen molar-refractivity contribution in [1.82, 2.24) is 0 Å². The van der Waals surface area contributed by atoms with E-state index in [9.17, 15) is 18.5 Å². The summed E-state index contributed by atoms with van der Waals surface area (Å²) in [6, 6.07) is 20.4. The van der Waals surface area contributed by atoms with Crippen LogP contribution < -0.4 is 9.47 Å². The van der Waals surface area contributed by atoms with E-state index >= 15 is 0 Å². The summed E-state index contributed by atoms with van der Waals surface area (Å²) in [5, 5.41) is 14.4. The Hall–Kier alpha value is -3.69. The lowest BCUT2D eigenvalue weighted by Gasteiger charge is -2.19. The smallest absolute Gasteiger partial charge is 0.356 e. The van der Waals surface area contributed by atoms with Crippen molar-refractivity contribution in [1.29, 1.82) is 0 Å². The summed E-state index contributed by atoms with van der Waals surface area (Å²) >= 11 is 0. The molecule has 0 spiro atoms. The van der Waals surface area contributed by atoms with Crippen LogP contribution in [0.5, 0.6) is 11.5 Å². The highest BCUT2D eigenvalue weighted by atomic mass is 32.2. The Morgan fingerprint density at radius 2 is 1.47 bits per heavy atom. The summed E-state index contributed by atoms with van der Waals surface area (Å²) in [6.45, 7) is 3.89. The van der Waals surface area contributed by atoms with Gasteiger partial charge in [0.2, 0.25) is 0 Å². The second-order valence-corrected chi connectivity index (χ2v) is 8.93. The number of nitro groups is 1. The molecule has 0 saturated heterocycles. The monoisotopic (exact) mass is 481 g/mol. The molecule has 0 N–H and O–H groups in total. The van der Waals surface area contributed by atoms with Crippen LogP contribution in [0.3, 0.4) is 0 Å². The molecule has 0 saturated carbocycles. The standard InChI is InChI=1S/C25H23NO7S/c1-3-31-22-16-20-14-18-12-8-9-13-19(18)15-21(20)24(23(22)32-4-2)34(29,30)33-25(26(27)28)17-10-6-5-7-11-17/h5-16,25H,3-4H2,1-2H3. The highest BCUT2D eigenvalue weighted by Gasteiger charge is 2.36. The molecule has 0 radical (unpaired) electrons. The van der Waals surface area contributed by atoms with E-state index in [0.717, 1.165) is 10.8 Å². The molecular weight excluding hydrogens is 458 g/mol. The Balaban J connectivity index is 1.99. The van der Waals surface area contributed by atoms with Crippen molar-refractivity contribution in [3.8, 4) is 11.5 Å². The minimum absolute atomic E-state index is 0.0395. The number of fused-ring (bicyclic) bond motifs is 2. The minimum Gasteiger partial charge on any atom is -0.490 e. The summed E-state index contributed by atoms with van der Waals surface area (Å²) in [5.41, 5.74) is 0.102. The fraction of sp³-hybridized carbons (Fsp3) is 0.200. The topological polar surface area (TPSA) is 105 Å². The van der Waals surface area contributed by atoms with E-state index in [4.69, 9.17) is 13.7 Å². The van der Waals surface area contributed by atoms with Crippen molar-refractivity contribution < 1.29 is 27.0 Å². The van der Waals surface area contributed by atoms with Gasteiger partial charge in [0.25, 0.3) is 0 Å². The highest BCUT2D eigenvalue weighted by Crippen LogP contribution is 2.43. The van der Waals surface area contributed by atoms with Crippen molar-refractivity contribution in [2.24, 2.45) is 0 Å². The van der Waals surface area contributed by atoms with Crippen LogP contribution in [0.15, 0.2) is 77.7 Å². The molecule has 4 rings (SSSR count). The quantitative estimate of drug-likeness (QED) is 0.103. The van der Waals surface area contributed by atoms with Crippen LogP contribution in [0.1, 0.15) is 25.6 Å². The van der Waals surface area contributed by atoms with Gasteiger partial charge in [0.05, 0.1) is 23.7 Å². The summed E-state index contributed by atoms with van der Waals surface area (Å²) in [4.78, 5) is 10.7. The predicted molar refractivity (Wildman–Crippen MR) is 128 cm³/mol. The average molecular weight is 482 g/mol. The van der Waals surface area contributed by atoms with Crippen LogP contribution in [0.25, 0.3) is 21.5 Å². The molecule has 1 atom stereocenters. The Kier molecular flexibility index (Phi) is 6.67. The third kappa shape index (κ3) is 4.52. The number of nitrogens with zero attached hydrogens (tertiary/aromatic N) is 1. The van der Waals surface area contributed by atoms with Crippen LogP contribution in [-0.2, 0) is 14.3 Å². The SMILES string of the molecule is CCOc1cc2cc3ccccc3cc2c(S(=O)(=O)OC(c2ccccc2)[N+](=O)[O-])c1OCC. The molecule has 34 heavy (non-hydrogen) atoms. The van der Waals surface area contributed by atoms with Gasteiger partial charge < -0.3 is 9.47 Å². The molecule has 4 aromatic carbocycles. The van der Waals surface area contributed by atoms with E-state index in [1.807, 2.05) is 30.3 Å². The molecule has 176 valence electrons. The van der Waals surface area contributed by atoms with Crippen LogP contribution in [0.4, 0.5) is 0 Å². The molecule has 0 bridgehead atoms. The molecule has 0 aliphatic carbocycles. The van der Waals surface area contributed by atoms with Gasteiger partial charge in [-0.25, -0.2) is 0 Å². The Bertz CT molecular complexity index is 1450. The molecular formula is C25H23NO7S. The van der Waals surface area contributed by atoms with Crippen molar-refractivity contribution in [2.75, 3.05) is 13.2 Å². The zero-order valence-electron chi connectivity index (χ0n) is 18.6. The maximum atomic E-state index is 13.7. The molecule has 9 heteroatoms. The maximum absolute atomic E-state index is 13.7. The van der Waals surface area contributed by atoms with Gasteiger partial charge in [0.15, 0.2) is 11.5 Å². The van der Waals surface area contributed by atoms with Gasteiger partial charge in [-0.05, 0) is 60.3 Å². The summed E-state index contributed by atoms with van der Waals surface area (Å²) in [7, 11) is -4.69. The lowest BCUT2D eigenvalue weighted by atomic mass is 10.0. The Labute approximate surface area is 197 Å². The van der Waals surface area contributed by atoms with Gasteiger partial charge in [-0.15, -0.1) is 0 Å². The molecule has 4 aromatic rings. The first-order valence-corrected chi connectivity index (χ1v) is 12.1. The largest absolute Gasteiger partial charge is 0.490 e. The number of benzene rings is 4. The molecule has 0 aliphatic heterocycles. The van der Waals surface area contributed by atoms with Crippen molar-refractivity contribution in [3.63, 3.8) is 0 Å². The Morgan fingerprint density at radius 1 is 0.853 bits per heavy atom. The zero-order chi connectivity index (χ0) is 24.3. The second-order valence-electron chi connectivity index (χ2n) is 7.42. The molecule has 0 heterocycles. The summed E-state index contributed by atoms with van der Waals surface area (Å²) in [5.74, 6) is 0.175. The molecule has 0 aliphatic rings. The summed E-state index contributed by atoms with van der Waals surface area (Å²) in [6.07, 6.45) is -1.92. The summed E-state index contributed by atoms with van der Waals surface area (Å²) < 4.78 is 44.0. The highest BCUT2D eigenvalue weighted by molar-refractivity contribution is 7.87. The van der Waals surface area contributed by atoms with Crippen molar-refractivity contribution >= 4 is 31.7 Å². The second kappa shape index (κ2) is 9.66. The lowest BCUT2D eigenvalue weighted by Crippen LogP contribution is -2.20. The van der Waals surface area contributed by atoms with Gasteiger partial charge in [-0.2, -0.15) is 12.6 Å². The van der Waals surface area contributed by atoms with E-state index in [0.29, 0.717) is 10.8 Å². The number of ether oxygens (including phenoxy) is 2. The fourth-order valence-electron chi connectivity index (χ4n) is 3.81. The number of rotatable bonds is 9. The van der Waals surface area contributed by atoms with E-state index < -0.39 is 21.3 Å². The average Bonchev–Trinajstić information content (AvgIpc) is 2.82. The van der Waals surface area contributed by atoms with Crippen molar-refractivity contribution in [2.45, 2.75) is 25.0 Å². The molecule has 0 amide bonds. The number of hydrogen-bond donors (Lipinski definition) is 0. The van der Waals surface area contributed by atoms with E-state index in [1.165, 1.54) is 12.1 Å². The third-order valence-electron chi connectivity index (χ3n) is 5.21. The Morgan fingerprint density at radius 3 is 2.09 bits per heavy atom. The van der Waals surface area contributed by atoms with Gasteiger partial charge in [-0.3, -0.25) is 10.1 Å². The molecule has 0 aromatic heterocycles. The minimum atomic E-state index is -4.69. The first kappa shape index (κ1) is 23.5. The number of hydrogen-bond acceptors (Lipinski definition) is 7. The fourth-order valence-corrected chi connectivity index (χ4v) is 5.16. The van der Waals surface area contributed by atoms with Crippen molar-refractivity contribution in [3.05, 3.63) is 88.5 Å². The van der Waals surface area contributed by atoms with Crippen LogP contribution in [0.2, 0.25) is 0 Å². The van der Waals surface area contributed by atoms with E-state index in [-0.39, 0.29) is 35.2 Å². The lowest BCUT2D eigenvalue weighted by molar-refractivity contribution is -0.570. The third-order valence-corrected chi connectivity index (χ3v) is 6.55. The maximum Gasteiger partial charge on any atom is 0.356 e. The zero-order valence-corrected chi connectivity index (χ0v) is 19.4. The molecule has 0 fully saturated rings.